The minimum Gasteiger partial charge on any atom is -0.481 e. The maximum absolute atomic E-state index is 11.0. The third-order valence-corrected chi connectivity index (χ3v) is 4.73. The molecule has 0 amide bonds. The molecule has 4 nitrogen and oxygen atoms in total. The number of benzene rings is 1. The Kier molecular flexibility index (Phi) is 4.10. The average Bonchev–Trinajstić information content (AvgIpc) is 2.81. The molecule has 1 fully saturated rings. The lowest BCUT2D eigenvalue weighted by Gasteiger charge is -2.39. The number of hydrogen-bond donors (Lipinski definition) is 1. The lowest BCUT2D eigenvalue weighted by Crippen LogP contribution is -2.47. The predicted molar refractivity (Wildman–Crippen MR) is 78.8 cm³/mol. The van der Waals surface area contributed by atoms with E-state index in [4.69, 9.17) is 9.84 Å². The first kappa shape index (κ1) is 14.0. The Morgan fingerprint density at radius 2 is 2.35 bits per heavy atom. The van der Waals surface area contributed by atoms with Crippen molar-refractivity contribution in [1.82, 2.24) is 4.90 Å². The zero-order valence-corrected chi connectivity index (χ0v) is 12.8. The van der Waals surface area contributed by atoms with E-state index >= 15 is 0 Å². The number of aryl methyl sites for hydroxylation is 1. The molecule has 0 radical (unpaired) electrons. The van der Waals surface area contributed by atoms with Crippen molar-refractivity contribution in [3.63, 3.8) is 0 Å². The molecule has 2 aliphatic rings. The van der Waals surface area contributed by atoms with Crippen LogP contribution in [0.25, 0.3) is 0 Å². The third kappa shape index (κ3) is 2.75. The number of ether oxygens (including phenoxy) is 1. The molecule has 1 N–H and O–H groups in total. The molecule has 0 aromatic heterocycles. The van der Waals surface area contributed by atoms with Gasteiger partial charge in [0.1, 0.15) is 0 Å². The molecule has 0 saturated carbocycles. The molecule has 1 aliphatic heterocycles. The highest BCUT2D eigenvalue weighted by molar-refractivity contribution is 9.10. The summed E-state index contributed by atoms with van der Waals surface area (Å²) in [6.07, 6.45) is 2.29. The summed E-state index contributed by atoms with van der Waals surface area (Å²) in [7, 11) is 0. The van der Waals surface area contributed by atoms with Crippen LogP contribution in [-0.2, 0) is 16.0 Å². The number of fused-ring (bicyclic) bond motifs is 1. The van der Waals surface area contributed by atoms with Crippen LogP contribution in [0.3, 0.4) is 0 Å². The van der Waals surface area contributed by atoms with Crippen LogP contribution < -0.4 is 0 Å². The second kappa shape index (κ2) is 5.84. The van der Waals surface area contributed by atoms with Crippen LogP contribution in [0, 0.1) is 0 Å². The van der Waals surface area contributed by atoms with Gasteiger partial charge in [-0.15, -0.1) is 0 Å². The molecule has 3 rings (SSSR count). The first-order valence-corrected chi connectivity index (χ1v) is 7.78. The van der Waals surface area contributed by atoms with E-state index in [9.17, 15) is 4.79 Å². The molecule has 0 spiro atoms. The number of rotatable bonds is 3. The van der Waals surface area contributed by atoms with Gasteiger partial charge in [-0.3, -0.25) is 9.69 Å². The topological polar surface area (TPSA) is 49.8 Å². The molecule has 1 saturated heterocycles. The summed E-state index contributed by atoms with van der Waals surface area (Å²) < 4.78 is 6.58. The first-order valence-electron chi connectivity index (χ1n) is 6.99. The Morgan fingerprint density at radius 1 is 1.50 bits per heavy atom. The monoisotopic (exact) mass is 339 g/mol. The lowest BCUT2D eigenvalue weighted by atomic mass is 10.0. The van der Waals surface area contributed by atoms with Crippen molar-refractivity contribution in [2.24, 2.45) is 0 Å². The Labute approximate surface area is 126 Å². The van der Waals surface area contributed by atoms with Gasteiger partial charge in [0.05, 0.1) is 19.6 Å². The summed E-state index contributed by atoms with van der Waals surface area (Å²) in [5.41, 5.74) is 2.73. The van der Waals surface area contributed by atoms with Gasteiger partial charge in [-0.25, -0.2) is 0 Å². The summed E-state index contributed by atoms with van der Waals surface area (Å²) in [6.45, 7) is 2.03. The smallest absolute Gasteiger partial charge is 0.305 e. The number of halogens is 1. The highest BCUT2D eigenvalue weighted by atomic mass is 79.9. The number of carboxylic acid groups (broad SMARTS) is 1. The molecule has 2 unspecified atom stereocenters. The fourth-order valence-electron chi connectivity index (χ4n) is 3.36. The average molecular weight is 340 g/mol. The summed E-state index contributed by atoms with van der Waals surface area (Å²) >= 11 is 3.51. The van der Waals surface area contributed by atoms with Crippen molar-refractivity contribution < 1.29 is 14.6 Å². The van der Waals surface area contributed by atoms with Crippen LogP contribution in [0.15, 0.2) is 22.7 Å². The van der Waals surface area contributed by atoms with Crippen LogP contribution >= 0.6 is 15.9 Å². The molecule has 2 atom stereocenters. The van der Waals surface area contributed by atoms with Crippen LogP contribution in [-0.4, -0.2) is 41.8 Å². The second-order valence-electron chi connectivity index (χ2n) is 5.46. The molecule has 1 aromatic rings. The zero-order chi connectivity index (χ0) is 14.1. The molecule has 0 bridgehead atoms. The van der Waals surface area contributed by atoms with E-state index in [1.54, 1.807) is 0 Å². The van der Waals surface area contributed by atoms with E-state index in [0.717, 1.165) is 23.9 Å². The molecular formula is C15H18BrNO3. The lowest BCUT2D eigenvalue weighted by molar-refractivity contribution is -0.141. The zero-order valence-electron chi connectivity index (χ0n) is 11.2. The minimum atomic E-state index is -0.750. The first-order chi connectivity index (χ1) is 9.65. The van der Waals surface area contributed by atoms with Crippen molar-refractivity contribution in [2.75, 3.05) is 19.8 Å². The van der Waals surface area contributed by atoms with Gasteiger partial charge in [-0.2, -0.15) is 0 Å². The SMILES string of the molecule is O=C(O)CC1COCCN1C1CCc2cc(Br)ccc21. The normalized spacial score (nSPS) is 26.4. The van der Waals surface area contributed by atoms with E-state index < -0.39 is 5.97 Å². The number of hydrogen-bond acceptors (Lipinski definition) is 3. The Bertz CT molecular complexity index is 520. The standard InChI is InChI=1S/C15H18BrNO3/c16-11-2-3-13-10(7-11)1-4-14(13)17-5-6-20-9-12(17)8-15(18)19/h2-3,7,12,14H,1,4-6,8-9H2,(H,18,19). The fraction of sp³-hybridized carbons (Fsp3) is 0.533. The number of carboxylic acids is 1. The predicted octanol–water partition coefficient (Wildman–Crippen LogP) is 2.61. The minimum absolute atomic E-state index is 0.0131. The van der Waals surface area contributed by atoms with E-state index in [2.05, 4.69) is 39.0 Å². The molecule has 20 heavy (non-hydrogen) atoms. The van der Waals surface area contributed by atoms with Crippen LogP contribution in [0.2, 0.25) is 0 Å². The molecular weight excluding hydrogens is 322 g/mol. The van der Waals surface area contributed by atoms with E-state index in [1.807, 2.05) is 0 Å². The Balaban J connectivity index is 1.83. The van der Waals surface area contributed by atoms with Gasteiger partial charge in [0.2, 0.25) is 0 Å². The number of morpholine rings is 1. The van der Waals surface area contributed by atoms with E-state index in [1.165, 1.54) is 11.1 Å². The van der Waals surface area contributed by atoms with Crippen LogP contribution in [0.1, 0.15) is 30.0 Å². The fourth-order valence-corrected chi connectivity index (χ4v) is 3.77. The Hall–Kier alpha value is -0.910. The number of nitrogens with zero attached hydrogens (tertiary/aromatic N) is 1. The molecule has 108 valence electrons. The van der Waals surface area contributed by atoms with Gasteiger partial charge >= 0.3 is 5.97 Å². The maximum Gasteiger partial charge on any atom is 0.305 e. The summed E-state index contributed by atoms with van der Waals surface area (Å²) in [5.74, 6) is -0.750. The summed E-state index contributed by atoms with van der Waals surface area (Å²) in [4.78, 5) is 13.4. The van der Waals surface area contributed by atoms with Gasteiger partial charge < -0.3 is 9.84 Å². The van der Waals surface area contributed by atoms with Gasteiger partial charge in [0, 0.05) is 23.1 Å². The molecule has 1 aliphatic carbocycles. The van der Waals surface area contributed by atoms with Crippen molar-refractivity contribution in [1.29, 1.82) is 0 Å². The number of carbonyl (C=O) groups is 1. The largest absolute Gasteiger partial charge is 0.481 e. The summed E-state index contributed by atoms with van der Waals surface area (Å²) in [6, 6.07) is 6.75. The van der Waals surface area contributed by atoms with E-state index in [-0.39, 0.29) is 12.5 Å². The Morgan fingerprint density at radius 3 is 3.15 bits per heavy atom. The van der Waals surface area contributed by atoms with Crippen molar-refractivity contribution >= 4 is 21.9 Å². The van der Waals surface area contributed by atoms with Crippen molar-refractivity contribution in [3.8, 4) is 0 Å². The third-order valence-electron chi connectivity index (χ3n) is 4.23. The van der Waals surface area contributed by atoms with Crippen molar-refractivity contribution in [2.45, 2.75) is 31.3 Å². The number of aliphatic carboxylic acids is 1. The highest BCUT2D eigenvalue weighted by Gasteiger charge is 2.35. The molecule has 1 heterocycles. The van der Waals surface area contributed by atoms with Gasteiger partial charge in [-0.05, 0) is 36.1 Å². The van der Waals surface area contributed by atoms with Crippen LogP contribution in [0.5, 0.6) is 0 Å². The van der Waals surface area contributed by atoms with Gasteiger partial charge in [-0.1, -0.05) is 22.0 Å². The second-order valence-corrected chi connectivity index (χ2v) is 6.38. The van der Waals surface area contributed by atoms with Crippen molar-refractivity contribution in [3.05, 3.63) is 33.8 Å². The van der Waals surface area contributed by atoms with Gasteiger partial charge in [0.25, 0.3) is 0 Å². The quantitative estimate of drug-likeness (QED) is 0.919. The summed E-state index contributed by atoms with van der Waals surface area (Å²) in [5, 5.41) is 9.07. The van der Waals surface area contributed by atoms with E-state index in [0.29, 0.717) is 19.3 Å². The maximum atomic E-state index is 11.0. The highest BCUT2D eigenvalue weighted by Crippen LogP contribution is 2.39. The van der Waals surface area contributed by atoms with Crippen LogP contribution in [0.4, 0.5) is 0 Å². The molecule has 1 aromatic carbocycles. The molecule has 5 heteroatoms. The van der Waals surface area contributed by atoms with Gasteiger partial charge in [0.15, 0.2) is 0 Å².